The fourth-order valence-corrected chi connectivity index (χ4v) is 0.991. The lowest BCUT2D eigenvalue weighted by Crippen LogP contribution is -2.06. The molecule has 54 valence electrons. The van der Waals surface area contributed by atoms with Gasteiger partial charge < -0.3 is 4.98 Å². The maximum absolute atomic E-state index is 10.7. The average molecular weight is 137 g/mol. The summed E-state index contributed by atoms with van der Waals surface area (Å²) in [6.45, 7) is 3.99. The van der Waals surface area contributed by atoms with Crippen molar-refractivity contribution in [1.82, 2.24) is 4.98 Å². The molecule has 0 saturated heterocycles. The number of pyridine rings is 1. The highest BCUT2D eigenvalue weighted by atomic mass is 16.1. The molecular formula is C8H11NO. The summed E-state index contributed by atoms with van der Waals surface area (Å²) in [5, 5.41) is 0. The van der Waals surface area contributed by atoms with Crippen molar-refractivity contribution >= 4 is 0 Å². The molecule has 0 fully saturated rings. The van der Waals surface area contributed by atoms with Gasteiger partial charge in [0.15, 0.2) is 0 Å². The number of H-pyrrole nitrogens is 1. The molecule has 2 heteroatoms. The van der Waals surface area contributed by atoms with Crippen molar-refractivity contribution in [2.45, 2.75) is 20.3 Å². The van der Waals surface area contributed by atoms with E-state index in [1.807, 2.05) is 13.0 Å². The first kappa shape index (κ1) is 7.06. The van der Waals surface area contributed by atoms with Gasteiger partial charge in [0.2, 0.25) is 5.56 Å². The Bertz CT molecular complexity index is 275. The van der Waals surface area contributed by atoms with Crippen LogP contribution in [0.4, 0.5) is 0 Å². The van der Waals surface area contributed by atoms with E-state index in [0.29, 0.717) is 0 Å². The van der Waals surface area contributed by atoms with Gasteiger partial charge in [0.05, 0.1) is 0 Å². The molecule has 1 aromatic rings. The van der Waals surface area contributed by atoms with Crippen LogP contribution in [0.3, 0.4) is 0 Å². The van der Waals surface area contributed by atoms with Crippen LogP contribution in [0.25, 0.3) is 0 Å². The number of hydrogen-bond acceptors (Lipinski definition) is 1. The van der Waals surface area contributed by atoms with Crippen molar-refractivity contribution in [3.05, 3.63) is 33.7 Å². The van der Waals surface area contributed by atoms with Crippen molar-refractivity contribution in [2.24, 2.45) is 0 Å². The molecule has 0 unspecified atom stereocenters. The fourth-order valence-electron chi connectivity index (χ4n) is 0.991. The lowest BCUT2D eigenvalue weighted by atomic mass is 10.1. The summed E-state index contributed by atoms with van der Waals surface area (Å²) in [6, 6.07) is 3.43. The third kappa shape index (κ3) is 1.26. The molecule has 0 spiro atoms. The highest BCUT2D eigenvalue weighted by Gasteiger charge is 1.93. The molecule has 0 aliphatic rings. The summed E-state index contributed by atoms with van der Waals surface area (Å²) < 4.78 is 0. The molecule has 0 amide bonds. The van der Waals surface area contributed by atoms with Crippen LogP contribution in [0.15, 0.2) is 16.9 Å². The first-order chi connectivity index (χ1) is 4.74. The standard InChI is InChI=1S/C8H11NO/c1-3-7-4-5-8(10)9-6(7)2/h4-5H,3H2,1-2H3,(H,9,10). The maximum atomic E-state index is 10.7. The largest absolute Gasteiger partial charge is 0.326 e. The highest BCUT2D eigenvalue weighted by Crippen LogP contribution is 2.00. The van der Waals surface area contributed by atoms with E-state index in [2.05, 4.69) is 11.9 Å². The van der Waals surface area contributed by atoms with E-state index < -0.39 is 0 Å². The molecular weight excluding hydrogens is 126 g/mol. The van der Waals surface area contributed by atoms with Gasteiger partial charge in [-0.05, 0) is 18.9 Å². The van der Waals surface area contributed by atoms with Crippen LogP contribution < -0.4 is 5.56 Å². The van der Waals surface area contributed by atoms with Gasteiger partial charge in [-0.2, -0.15) is 0 Å². The minimum absolute atomic E-state index is 0.0188. The van der Waals surface area contributed by atoms with Crippen LogP contribution in [-0.2, 0) is 6.42 Å². The zero-order chi connectivity index (χ0) is 7.56. The number of hydrogen-bond donors (Lipinski definition) is 1. The smallest absolute Gasteiger partial charge is 0.248 e. The molecule has 1 rings (SSSR count). The molecule has 0 aliphatic carbocycles. The summed E-state index contributed by atoms with van der Waals surface area (Å²) in [5.41, 5.74) is 2.17. The van der Waals surface area contributed by atoms with Gasteiger partial charge in [0.25, 0.3) is 0 Å². The van der Waals surface area contributed by atoms with Gasteiger partial charge in [-0.15, -0.1) is 0 Å². The summed E-state index contributed by atoms with van der Waals surface area (Å²) in [6.07, 6.45) is 0.975. The van der Waals surface area contributed by atoms with Gasteiger partial charge in [0, 0.05) is 11.8 Å². The molecule has 0 atom stereocenters. The first-order valence-corrected chi connectivity index (χ1v) is 3.43. The predicted octanol–water partition coefficient (Wildman–Crippen LogP) is 1.25. The van der Waals surface area contributed by atoms with E-state index in [1.54, 1.807) is 6.07 Å². The van der Waals surface area contributed by atoms with E-state index in [-0.39, 0.29) is 5.56 Å². The fraction of sp³-hybridized carbons (Fsp3) is 0.375. The van der Waals surface area contributed by atoms with Crippen LogP contribution in [-0.4, -0.2) is 4.98 Å². The van der Waals surface area contributed by atoms with Crippen molar-refractivity contribution in [2.75, 3.05) is 0 Å². The Hall–Kier alpha value is -1.05. The van der Waals surface area contributed by atoms with Crippen LogP contribution in [0, 0.1) is 6.92 Å². The SMILES string of the molecule is CCc1ccc(=O)[nH]c1C. The second-order valence-electron chi connectivity index (χ2n) is 2.33. The van der Waals surface area contributed by atoms with E-state index in [4.69, 9.17) is 0 Å². The third-order valence-electron chi connectivity index (χ3n) is 1.61. The molecule has 1 N–H and O–H groups in total. The first-order valence-electron chi connectivity index (χ1n) is 3.43. The Kier molecular flexibility index (Phi) is 1.90. The second kappa shape index (κ2) is 2.69. The van der Waals surface area contributed by atoms with Crippen LogP contribution >= 0.6 is 0 Å². The quantitative estimate of drug-likeness (QED) is 0.620. The normalized spacial score (nSPS) is 9.80. The third-order valence-corrected chi connectivity index (χ3v) is 1.61. The Morgan fingerprint density at radius 2 is 2.20 bits per heavy atom. The van der Waals surface area contributed by atoms with E-state index >= 15 is 0 Å². The van der Waals surface area contributed by atoms with E-state index in [1.165, 1.54) is 5.56 Å². The molecule has 0 bridgehead atoms. The van der Waals surface area contributed by atoms with Gasteiger partial charge in [0.1, 0.15) is 0 Å². The minimum Gasteiger partial charge on any atom is -0.326 e. The molecule has 2 nitrogen and oxygen atoms in total. The molecule has 0 saturated carbocycles. The van der Waals surface area contributed by atoms with Gasteiger partial charge in [-0.1, -0.05) is 13.0 Å². The van der Waals surface area contributed by atoms with Crippen molar-refractivity contribution in [3.8, 4) is 0 Å². The summed E-state index contributed by atoms with van der Waals surface area (Å²) in [4.78, 5) is 13.4. The number of nitrogens with one attached hydrogen (secondary N) is 1. The highest BCUT2D eigenvalue weighted by molar-refractivity contribution is 5.17. The van der Waals surface area contributed by atoms with Gasteiger partial charge in [-0.3, -0.25) is 4.79 Å². The maximum Gasteiger partial charge on any atom is 0.248 e. The van der Waals surface area contributed by atoms with Crippen LogP contribution in [0.2, 0.25) is 0 Å². The molecule has 0 aromatic carbocycles. The zero-order valence-corrected chi connectivity index (χ0v) is 6.27. The monoisotopic (exact) mass is 137 g/mol. The number of rotatable bonds is 1. The van der Waals surface area contributed by atoms with Crippen molar-refractivity contribution in [3.63, 3.8) is 0 Å². The molecule has 0 radical (unpaired) electrons. The topological polar surface area (TPSA) is 32.9 Å². The molecule has 1 aromatic heterocycles. The Labute approximate surface area is 59.9 Å². The molecule has 0 aliphatic heterocycles. The van der Waals surface area contributed by atoms with E-state index in [0.717, 1.165) is 12.1 Å². The number of aryl methyl sites for hydroxylation is 2. The predicted molar refractivity (Wildman–Crippen MR) is 41.2 cm³/mol. The Morgan fingerprint density at radius 3 is 2.70 bits per heavy atom. The van der Waals surface area contributed by atoms with Crippen LogP contribution in [0.1, 0.15) is 18.2 Å². The average Bonchev–Trinajstić information content (AvgIpc) is 1.88. The van der Waals surface area contributed by atoms with Gasteiger partial charge >= 0.3 is 0 Å². The van der Waals surface area contributed by atoms with Gasteiger partial charge in [-0.25, -0.2) is 0 Å². The zero-order valence-electron chi connectivity index (χ0n) is 6.27. The molecule has 1 heterocycles. The second-order valence-corrected chi connectivity index (χ2v) is 2.33. The van der Waals surface area contributed by atoms with E-state index in [9.17, 15) is 4.79 Å². The summed E-state index contributed by atoms with van der Waals surface area (Å²) >= 11 is 0. The summed E-state index contributed by atoms with van der Waals surface area (Å²) in [5.74, 6) is 0. The summed E-state index contributed by atoms with van der Waals surface area (Å²) in [7, 11) is 0. The minimum atomic E-state index is -0.0188. The van der Waals surface area contributed by atoms with Crippen LogP contribution in [0.5, 0.6) is 0 Å². The van der Waals surface area contributed by atoms with Crippen molar-refractivity contribution in [1.29, 1.82) is 0 Å². The Balaban J connectivity index is 3.19. The Morgan fingerprint density at radius 1 is 1.50 bits per heavy atom. The molecule has 10 heavy (non-hydrogen) atoms. The number of aromatic nitrogens is 1. The number of aromatic amines is 1. The van der Waals surface area contributed by atoms with Crippen molar-refractivity contribution < 1.29 is 0 Å². The lowest BCUT2D eigenvalue weighted by Gasteiger charge is -1.98. The lowest BCUT2D eigenvalue weighted by molar-refractivity contribution is 1.03.